The summed E-state index contributed by atoms with van der Waals surface area (Å²) in [5.74, 6) is 0.551. The first-order valence-electron chi connectivity index (χ1n) is 8.21. The smallest absolute Gasteiger partial charge is 0.264 e. The number of methoxy groups -OCH3 is 1. The molecule has 0 saturated heterocycles. The molecule has 1 heterocycles. The van der Waals surface area contributed by atoms with E-state index < -0.39 is 0 Å². The number of rotatable bonds is 7. The van der Waals surface area contributed by atoms with E-state index in [9.17, 15) is 9.59 Å². The molecule has 1 amide bonds. The lowest BCUT2D eigenvalue weighted by Crippen LogP contribution is -2.20. The van der Waals surface area contributed by atoms with E-state index in [0.29, 0.717) is 27.2 Å². The maximum atomic E-state index is 12.2. The molecule has 0 aliphatic heterocycles. The Morgan fingerprint density at radius 2 is 1.70 bits per heavy atom. The summed E-state index contributed by atoms with van der Waals surface area (Å²) < 4.78 is 10.7. The van der Waals surface area contributed by atoms with E-state index in [4.69, 9.17) is 9.47 Å². The van der Waals surface area contributed by atoms with Gasteiger partial charge in [-0.05, 0) is 12.1 Å². The fourth-order valence-corrected chi connectivity index (χ4v) is 3.34. The number of carbonyl (C=O) groups is 2. The SMILES string of the molecule is COc1ccccc1OCC(=O)Nc1nc(-c2ccccc2)c(C(C)=O)s1. The van der Waals surface area contributed by atoms with Gasteiger partial charge in [-0.2, -0.15) is 0 Å². The minimum atomic E-state index is -0.371. The molecule has 1 N–H and O–H groups in total. The first-order valence-corrected chi connectivity index (χ1v) is 9.03. The quantitative estimate of drug-likeness (QED) is 0.624. The number of amides is 1. The highest BCUT2D eigenvalue weighted by Gasteiger charge is 2.18. The Morgan fingerprint density at radius 1 is 1.04 bits per heavy atom. The molecular weight excluding hydrogens is 364 g/mol. The monoisotopic (exact) mass is 382 g/mol. The van der Waals surface area contributed by atoms with Gasteiger partial charge in [-0.15, -0.1) is 0 Å². The van der Waals surface area contributed by atoms with Crippen LogP contribution in [0.5, 0.6) is 11.5 Å². The molecule has 138 valence electrons. The normalized spacial score (nSPS) is 10.3. The zero-order valence-electron chi connectivity index (χ0n) is 14.9. The standard InChI is InChI=1S/C20H18N2O4S/c1-13(23)19-18(14-8-4-3-5-9-14)22-20(27-19)21-17(24)12-26-16-11-7-6-10-15(16)25-2/h3-11H,12H2,1-2H3,(H,21,22,24). The molecule has 0 spiro atoms. The highest BCUT2D eigenvalue weighted by molar-refractivity contribution is 7.18. The van der Waals surface area contributed by atoms with Gasteiger partial charge in [-0.25, -0.2) is 4.98 Å². The Balaban J connectivity index is 1.72. The minimum Gasteiger partial charge on any atom is -0.493 e. The topological polar surface area (TPSA) is 77.5 Å². The fraction of sp³-hybridized carbons (Fsp3) is 0.150. The Bertz CT molecular complexity index is 954. The number of ketones is 1. The van der Waals surface area contributed by atoms with Gasteiger partial charge < -0.3 is 9.47 Å². The van der Waals surface area contributed by atoms with Crippen molar-refractivity contribution in [3.8, 4) is 22.8 Å². The van der Waals surface area contributed by atoms with Gasteiger partial charge in [0.05, 0.1) is 17.7 Å². The Hall–Kier alpha value is -3.19. The zero-order chi connectivity index (χ0) is 19.2. The lowest BCUT2D eigenvalue weighted by molar-refractivity contribution is -0.118. The molecule has 1 aromatic heterocycles. The lowest BCUT2D eigenvalue weighted by atomic mass is 10.1. The van der Waals surface area contributed by atoms with E-state index in [0.717, 1.165) is 16.9 Å². The summed E-state index contributed by atoms with van der Waals surface area (Å²) in [6, 6.07) is 16.5. The number of carbonyl (C=O) groups excluding carboxylic acids is 2. The van der Waals surface area contributed by atoms with Gasteiger partial charge in [0.25, 0.3) is 5.91 Å². The molecule has 0 unspecified atom stereocenters. The molecule has 2 aromatic carbocycles. The number of hydrogen-bond acceptors (Lipinski definition) is 6. The summed E-state index contributed by atoms with van der Waals surface area (Å²) in [6.45, 7) is 1.28. The van der Waals surface area contributed by atoms with Crippen LogP contribution in [0.3, 0.4) is 0 Å². The van der Waals surface area contributed by atoms with Crippen LogP contribution in [0.25, 0.3) is 11.3 Å². The van der Waals surface area contributed by atoms with Crippen molar-refractivity contribution in [1.82, 2.24) is 4.98 Å². The lowest BCUT2D eigenvalue weighted by Gasteiger charge is -2.09. The number of hydrogen-bond donors (Lipinski definition) is 1. The number of benzene rings is 2. The molecule has 0 atom stereocenters. The Kier molecular flexibility index (Phi) is 5.83. The summed E-state index contributed by atoms with van der Waals surface area (Å²) >= 11 is 1.15. The second kappa shape index (κ2) is 8.46. The molecule has 3 aromatic rings. The van der Waals surface area contributed by atoms with E-state index in [1.165, 1.54) is 14.0 Å². The average molecular weight is 382 g/mol. The number of anilines is 1. The average Bonchev–Trinajstić information content (AvgIpc) is 3.11. The molecule has 0 bridgehead atoms. The van der Waals surface area contributed by atoms with Crippen LogP contribution >= 0.6 is 11.3 Å². The van der Waals surface area contributed by atoms with Gasteiger partial charge in [0.15, 0.2) is 29.0 Å². The highest BCUT2D eigenvalue weighted by Crippen LogP contribution is 2.31. The van der Waals surface area contributed by atoms with E-state index in [-0.39, 0.29) is 18.3 Å². The van der Waals surface area contributed by atoms with E-state index in [2.05, 4.69) is 10.3 Å². The van der Waals surface area contributed by atoms with Gasteiger partial charge in [-0.1, -0.05) is 53.8 Å². The summed E-state index contributed by atoms with van der Waals surface area (Å²) in [5.41, 5.74) is 1.39. The van der Waals surface area contributed by atoms with Crippen molar-refractivity contribution in [3.05, 3.63) is 59.5 Å². The highest BCUT2D eigenvalue weighted by atomic mass is 32.1. The molecule has 0 aliphatic rings. The second-order valence-corrected chi connectivity index (χ2v) is 6.61. The van der Waals surface area contributed by atoms with Crippen molar-refractivity contribution < 1.29 is 19.1 Å². The zero-order valence-corrected chi connectivity index (χ0v) is 15.7. The third-order valence-corrected chi connectivity index (χ3v) is 4.74. The van der Waals surface area contributed by atoms with Gasteiger partial charge in [0.2, 0.25) is 0 Å². The van der Waals surface area contributed by atoms with Crippen LogP contribution in [0.15, 0.2) is 54.6 Å². The van der Waals surface area contributed by atoms with Crippen molar-refractivity contribution in [3.63, 3.8) is 0 Å². The van der Waals surface area contributed by atoms with Crippen molar-refractivity contribution in [1.29, 1.82) is 0 Å². The van der Waals surface area contributed by atoms with Crippen molar-refractivity contribution in [2.45, 2.75) is 6.92 Å². The van der Waals surface area contributed by atoms with Crippen LogP contribution < -0.4 is 14.8 Å². The van der Waals surface area contributed by atoms with Crippen molar-refractivity contribution in [2.24, 2.45) is 0 Å². The van der Waals surface area contributed by atoms with Crippen LogP contribution in [0.2, 0.25) is 0 Å². The number of aromatic nitrogens is 1. The molecule has 3 rings (SSSR count). The number of nitrogens with one attached hydrogen (secondary N) is 1. The van der Waals surface area contributed by atoms with Crippen molar-refractivity contribution in [2.75, 3.05) is 19.0 Å². The second-order valence-electron chi connectivity index (χ2n) is 5.61. The van der Waals surface area contributed by atoms with E-state index in [1.807, 2.05) is 36.4 Å². The largest absolute Gasteiger partial charge is 0.493 e. The van der Waals surface area contributed by atoms with Crippen LogP contribution in [0, 0.1) is 0 Å². The number of thiazole rings is 1. The maximum absolute atomic E-state index is 12.2. The summed E-state index contributed by atoms with van der Waals surface area (Å²) in [7, 11) is 1.53. The fourth-order valence-electron chi connectivity index (χ4n) is 2.44. The number of nitrogens with zero attached hydrogens (tertiary/aromatic N) is 1. The molecule has 0 aliphatic carbocycles. The van der Waals surface area contributed by atoms with E-state index in [1.54, 1.807) is 18.2 Å². The molecule has 6 nitrogen and oxygen atoms in total. The molecule has 7 heteroatoms. The predicted octanol–water partition coefficient (Wildman–Crippen LogP) is 4.04. The van der Waals surface area contributed by atoms with Crippen LogP contribution in [-0.2, 0) is 4.79 Å². The van der Waals surface area contributed by atoms with Crippen molar-refractivity contribution >= 4 is 28.2 Å². The van der Waals surface area contributed by atoms with Crippen LogP contribution in [-0.4, -0.2) is 30.4 Å². The van der Waals surface area contributed by atoms with Gasteiger partial charge in [0, 0.05) is 12.5 Å². The third-order valence-electron chi connectivity index (χ3n) is 3.67. The first-order chi connectivity index (χ1) is 13.1. The molecule has 0 fully saturated rings. The summed E-state index contributed by atoms with van der Waals surface area (Å²) in [4.78, 5) is 29.1. The first kappa shape index (κ1) is 18.6. The minimum absolute atomic E-state index is 0.0999. The van der Waals surface area contributed by atoms with Gasteiger partial charge in [-0.3, -0.25) is 14.9 Å². The van der Waals surface area contributed by atoms with E-state index >= 15 is 0 Å². The number of para-hydroxylation sites is 2. The summed E-state index contributed by atoms with van der Waals surface area (Å²) in [5, 5.41) is 3.04. The maximum Gasteiger partial charge on any atom is 0.264 e. The van der Waals surface area contributed by atoms with Crippen LogP contribution in [0.1, 0.15) is 16.6 Å². The van der Waals surface area contributed by atoms with Crippen LogP contribution in [0.4, 0.5) is 5.13 Å². The van der Waals surface area contributed by atoms with Gasteiger partial charge in [0.1, 0.15) is 0 Å². The van der Waals surface area contributed by atoms with Gasteiger partial charge >= 0.3 is 0 Å². The molecule has 0 radical (unpaired) electrons. The molecule has 27 heavy (non-hydrogen) atoms. The molecule has 0 saturated carbocycles. The predicted molar refractivity (Wildman–Crippen MR) is 105 cm³/mol. The number of Topliss-reactive ketones (excluding diaryl/α,β-unsaturated/α-hetero) is 1. The third kappa shape index (κ3) is 4.51. The number of ether oxygens (including phenoxy) is 2. The Labute approximate surface area is 160 Å². The Morgan fingerprint density at radius 3 is 2.37 bits per heavy atom. The molecular formula is C20H18N2O4S. The summed E-state index contributed by atoms with van der Waals surface area (Å²) in [6.07, 6.45) is 0.